The second-order valence-corrected chi connectivity index (χ2v) is 7.43. The number of aromatic nitrogens is 2. The molecule has 0 unspecified atom stereocenters. The fraction of sp³-hybridized carbons (Fsp3) is 0.579. The van der Waals surface area contributed by atoms with Crippen LogP contribution in [0, 0.1) is 5.92 Å². The largest absolute Gasteiger partial charge is 0.341 e. The number of imidazole rings is 1. The van der Waals surface area contributed by atoms with Crippen LogP contribution in [0.2, 0.25) is 0 Å². The van der Waals surface area contributed by atoms with E-state index in [2.05, 4.69) is 31.6 Å². The van der Waals surface area contributed by atoms with Gasteiger partial charge in [0.05, 0.1) is 17.6 Å². The molecule has 2 aliphatic rings. The number of carbonyl (C=O) groups excluding carboxylic acids is 1. The van der Waals surface area contributed by atoms with E-state index >= 15 is 0 Å². The molecule has 0 spiro atoms. The molecular weight excluding hydrogens is 314 g/mol. The SMILES string of the molecule is O=C(NC[C@H]1CCN(Cc2nc3ccccc3[nH]2)C1)NC1CCCC1. The van der Waals surface area contributed by atoms with Crippen LogP contribution >= 0.6 is 0 Å². The summed E-state index contributed by atoms with van der Waals surface area (Å²) in [5, 5.41) is 6.15. The molecule has 1 aromatic heterocycles. The van der Waals surface area contributed by atoms with Crippen LogP contribution in [-0.2, 0) is 6.54 Å². The lowest BCUT2D eigenvalue weighted by atomic mass is 10.1. The Balaban J connectivity index is 1.22. The monoisotopic (exact) mass is 341 g/mol. The van der Waals surface area contributed by atoms with Crippen LogP contribution in [0.4, 0.5) is 4.79 Å². The smallest absolute Gasteiger partial charge is 0.315 e. The second kappa shape index (κ2) is 7.44. The Bertz CT molecular complexity index is 688. The molecule has 1 aliphatic carbocycles. The standard InChI is InChI=1S/C19H27N5O/c25-19(21-15-5-1-2-6-15)20-11-14-9-10-24(12-14)13-18-22-16-7-3-4-8-17(16)23-18/h3-4,7-8,14-15H,1-2,5-6,9-13H2,(H,22,23)(H2,20,21,25)/t14-/m1/s1. The van der Waals surface area contributed by atoms with Crippen LogP contribution in [0.1, 0.15) is 37.9 Å². The summed E-state index contributed by atoms with van der Waals surface area (Å²) in [6.07, 6.45) is 5.86. The van der Waals surface area contributed by atoms with Crippen LogP contribution in [0.5, 0.6) is 0 Å². The molecule has 2 heterocycles. The van der Waals surface area contributed by atoms with Crippen molar-refractivity contribution in [2.75, 3.05) is 19.6 Å². The van der Waals surface area contributed by atoms with Crippen molar-refractivity contribution in [2.24, 2.45) is 5.92 Å². The van der Waals surface area contributed by atoms with Crippen LogP contribution in [-0.4, -0.2) is 46.6 Å². The number of nitrogens with zero attached hydrogens (tertiary/aromatic N) is 2. The highest BCUT2D eigenvalue weighted by molar-refractivity contribution is 5.75. The van der Waals surface area contributed by atoms with Gasteiger partial charge in [-0.2, -0.15) is 0 Å². The van der Waals surface area contributed by atoms with Crippen LogP contribution in [0.15, 0.2) is 24.3 Å². The molecule has 6 heteroatoms. The molecule has 134 valence electrons. The number of rotatable bonds is 5. The van der Waals surface area contributed by atoms with Gasteiger partial charge in [-0.15, -0.1) is 0 Å². The minimum atomic E-state index is 0.00244. The van der Waals surface area contributed by atoms with Gasteiger partial charge < -0.3 is 15.6 Å². The van der Waals surface area contributed by atoms with E-state index < -0.39 is 0 Å². The summed E-state index contributed by atoms with van der Waals surface area (Å²) in [6.45, 7) is 3.68. The fourth-order valence-corrected chi connectivity index (χ4v) is 4.06. The molecule has 25 heavy (non-hydrogen) atoms. The van der Waals surface area contributed by atoms with Crippen molar-refractivity contribution in [3.63, 3.8) is 0 Å². The summed E-state index contributed by atoms with van der Waals surface area (Å²) in [4.78, 5) is 22.4. The molecule has 2 aromatic rings. The third-order valence-corrected chi connectivity index (χ3v) is 5.42. The second-order valence-electron chi connectivity index (χ2n) is 7.43. The number of hydrogen-bond acceptors (Lipinski definition) is 3. The number of nitrogens with one attached hydrogen (secondary N) is 3. The average Bonchev–Trinajstić information content (AvgIpc) is 3.33. The van der Waals surface area contributed by atoms with Crippen molar-refractivity contribution in [3.05, 3.63) is 30.1 Å². The zero-order valence-corrected chi connectivity index (χ0v) is 14.6. The lowest BCUT2D eigenvalue weighted by Crippen LogP contribution is -2.42. The normalized spacial score (nSPS) is 21.8. The lowest BCUT2D eigenvalue weighted by molar-refractivity contribution is 0.234. The quantitative estimate of drug-likeness (QED) is 0.783. The maximum absolute atomic E-state index is 12.0. The summed E-state index contributed by atoms with van der Waals surface area (Å²) < 4.78 is 0. The van der Waals surface area contributed by atoms with Crippen molar-refractivity contribution in [2.45, 2.75) is 44.7 Å². The van der Waals surface area contributed by atoms with Gasteiger partial charge >= 0.3 is 6.03 Å². The Morgan fingerprint density at radius 1 is 1.24 bits per heavy atom. The minimum Gasteiger partial charge on any atom is -0.341 e. The molecule has 1 aromatic carbocycles. The molecule has 1 saturated carbocycles. The number of aromatic amines is 1. The van der Waals surface area contributed by atoms with Crippen molar-refractivity contribution in [3.8, 4) is 0 Å². The van der Waals surface area contributed by atoms with Crippen molar-refractivity contribution < 1.29 is 4.79 Å². The number of urea groups is 1. The fourth-order valence-electron chi connectivity index (χ4n) is 4.06. The van der Waals surface area contributed by atoms with E-state index in [0.29, 0.717) is 12.0 Å². The predicted molar refractivity (Wildman–Crippen MR) is 98.3 cm³/mol. The van der Waals surface area contributed by atoms with E-state index in [1.54, 1.807) is 0 Å². The maximum Gasteiger partial charge on any atom is 0.315 e. The van der Waals surface area contributed by atoms with Gasteiger partial charge in [-0.3, -0.25) is 4.90 Å². The molecule has 3 N–H and O–H groups in total. The summed E-state index contributed by atoms with van der Waals surface area (Å²) >= 11 is 0. The van der Waals surface area contributed by atoms with E-state index in [9.17, 15) is 4.79 Å². The van der Waals surface area contributed by atoms with E-state index in [-0.39, 0.29) is 6.03 Å². The van der Waals surface area contributed by atoms with E-state index in [1.807, 2.05) is 18.2 Å². The van der Waals surface area contributed by atoms with Crippen LogP contribution in [0.3, 0.4) is 0 Å². The minimum absolute atomic E-state index is 0.00244. The molecule has 2 amide bonds. The molecule has 0 bridgehead atoms. The summed E-state index contributed by atoms with van der Waals surface area (Å²) in [5.74, 6) is 1.55. The predicted octanol–water partition coefficient (Wildman–Crippen LogP) is 2.63. The zero-order valence-electron chi connectivity index (χ0n) is 14.6. The first-order valence-electron chi connectivity index (χ1n) is 9.46. The van der Waals surface area contributed by atoms with E-state index in [1.165, 1.54) is 12.8 Å². The highest BCUT2D eigenvalue weighted by atomic mass is 16.2. The zero-order chi connectivity index (χ0) is 17.1. The Morgan fingerprint density at radius 2 is 2.08 bits per heavy atom. The number of H-pyrrole nitrogens is 1. The van der Waals surface area contributed by atoms with Crippen molar-refractivity contribution >= 4 is 17.1 Å². The van der Waals surface area contributed by atoms with Gasteiger partial charge in [-0.25, -0.2) is 9.78 Å². The number of likely N-dealkylation sites (tertiary alicyclic amines) is 1. The Kier molecular flexibility index (Phi) is 4.88. The van der Waals surface area contributed by atoms with Gasteiger partial charge in [0, 0.05) is 19.1 Å². The molecule has 6 nitrogen and oxygen atoms in total. The molecule has 4 rings (SSSR count). The van der Waals surface area contributed by atoms with Gasteiger partial charge in [0.1, 0.15) is 5.82 Å². The number of fused-ring (bicyclic) bond motifs is 1. The van der Waals surface area contributed by atoms with Gasteiger partial charge in [-0.1, -0.05) is 25.0 Å². The number of para-hydroxylation sites is 2. The Morgan fingerprint density at radius 3 is 2.92 bits per heavy atom. The summed E-state index contributed by atoms with van der Waals surface area (Å²) in [6, 6.07) is 8.52. The first-order chi connectivity index (χ1) is 12.3. The van der Waals surface area contributed by atoms with Crippen LogP contribution < -0.4 is 10.6 Å². The summed E-state index contributed by atoms with van der Waals surface area (Å²) in [5.41, 5.74) is 2.12. The van der Waals surface area contributed by atoms with Gasteiger partial charge in [-0.05, 0) is 43.9 Å². The Labute approximate surface area is 148 Å². The lowest BCUT2D eigenvalue weighted by Gasteiger charge is -2.16. The van der Waals surface area contributed by atoms with Gasteiger partial charge in [0.15, 0.2) is 0 Å². The molecule has 0 radical (unpaired) electrons. The highest BCUT2D eigenvalue weighted by Gasteiger charge is 2.24. The summed E-state index contributed by atoms with van der Waals surface area (Å²) in [7, 11) is 0. The number of hydrogen-bond donors (Lipinski definition) is 3. The topological polar surface area (TPSA) is 73.0 Å². The van der Waals surface area contributed by atoms with Gasteiger partial charge in [0.2, 0.25) is 0 Å². The third-order valence-electron chi connectivity index (χ3n) is 5.42. The first-order valence-corrected chi connectivity index (χ1v) is 9.46. The number of carbonyl (C=O) groups is 1. The molecule has 1 atom stereocenters. The highest BCUT2D eigenvalue weighted by Crippen LogP contribution is 2.19. The molecule has 1 saturated heterocycles. The maximum atomic E-state index is 12.0. The van der Waals surface area contributed by atoms with Crippen molar-refractivity contribution in [1.82, 2.24) is 25.5 Å². The molecule has 1 aliphatic heterocycles. The van der Waals surface area contributed by atoms with E-state index in [0.717, 1.165) is 62.3 Å². The van der Waals surface area contributed by atoms with Crippen molar-refractivity contribution in [1.29, 1.82) is 0 Å². The Hall–Kier alpha value is -2.08. The third kappa shape index (κ3) is 4.12. The number of benzene rings is 1. The van der Waals surface area contributed by atoms with Gasteiger partial charge in [0.25, 0.3) is 0 Å². The first kappa shape index (κ1) is 16.4. The molecule has 2 fully saturated rings. The van der Waals surface area contributed by atoms with Crippen LogP contribution in [0.25, 0.3) is 11.0 Å². The number of amides is 2. The van der Waals surface area contributed by atoms with E-state index in [4.69, 9.17) is 0 Å². The average molecular weight is 341 g/mol. The molecular formula is C19H27N5O.